The summed E-state index contributed by atoms with van der Waals surface area (Å²) in [5.74, 6) is 0. The number of pyridine rings is 4. The standard InChI is InChI=1S/C40H44N10/c1-47(2)37-25-41-21-17-29(37)9-13-33-34(14-10-30-18-22-42-26-38(30)48(3)4)46-36(16-12-32-20-24-44-28-40(32)50(7)8)35(45-33)15-11-31-19-23-43-27-39(31)49(5)6/h9-28H,1-8H3. The summed E-state index contributed by atoms with van der Waals surface area (Å²) in [4.78, 5) is 36.0. The monoisotopic (exact) mass is 664 g/mol. The van der Waals surface area contributed by atoms with E-state index in [0.717, 1.165) is 67.8 Å². The van der Waals surface area contributed by atoms with Gasteiger partial charge in [0.15, 0.2) is 0 Å². The van der Waals surface area contributed by atoms with Gasteiger partial charge in [-0.05, 0) is 48.6 Å². The van der Waals surface area contributed by atoms with E-state index in [4.69, 9.17) is 9.97 Å². The summed E-state index contributed by atoms with van der Waals surface area (Å²) >= 11 is 0. The summed E-state index contributed by atoms with van der Waals surface area (Å²) in [5, 5.41) is 0. The lowest BCUT2D eigenvalue weighted by atomic mass is 10.1. The number of hydrogen-bond donors (Lipinski definition) is 0. The van der Waals surface area contributed by atoms with Crippen molar-refractivity contribution in [3.63, 3.8) is 0 Å². The fourth-order valence-electron chi connectivity index (χ4n) is 5.30. The summed E-state index contributed by atoms with van der Waals surface area (Å²) in [5.41, 5.74) is 11.0. The number of nitrogens with zero attached hydrogens (tertiary/aromatic N) is 10. The Balaban J connectivity index is 1.71. The Kier molecular flexibility index (Phi) is 11.5. The van der Waals surface area contributed by atoms with E-state index in [2.05, 4.69) is 44.2 Å². The fraction of sp³-hybridized carbons (Fsp3) is 0.200. The predicted molar refractivity (Wildman–Crippen MR) is 212 cm³/mol. The van der Waals surface area contributed by atoms with E-state index in [1.54, 1.807) is 24.8 Å². The molecule has 5 heterocycles. The molecule has 0 saturated carbocycles. The molecular formula is C40H44N10. The Morgan fingerprint density at radius 2 is 0.560 bits per heavy atom. The lowest BCUT2D eigenvalue weighted by Crippen LogP contribution is -2.10. The number of aromatic nitrogens is 6. The molecule has 0 atom stereocenters. The second-order valence-corrected chi connectivity index (χ2v) is 12.4. The van der Waals surface area contributed by atoms with Crippen LogP contribution in [-0.2, 0) is 0 Å². The zero-order valence-electron chi connectivity index (χ0n) is 30.0. The van der Waals surface area contributed by atoms with Crippen LogP contribution in [0.2, 0.25) is 0 Å². The molecule has 0 bridgehead atoms. The van der Waals surface area contributed by atoms with Gasteiger partial charge in [0.05, 0.1) is 70.3 Å². The molecule has 0 saturated heterocycles. The van der Waals surface area contributed by atoms with Crippen LogP contribution < -0.4 is 19.6 Å². The molecule has 254 valence electrons. The second-order valence-electron chi connectivity index (χ2n) is 12.4. The molecule has 0 aliphatic rings. The van der Waals surface area contributed by atoms with Crippen LogP contribution in [-0.4, -0.2) is 86.3 Å². The topological polar surface area (TPSA) is 90.3 Å². The third kappa shape index (κ3) is 8.65. The van der Waals surface area contributed by atoms with Crippen molar-refractivity contribution in [1.29, 1.82) is 0 Å². The molecule has 5 rings (SSSR count). The number of hydrogen-bond acceptors (Lipinski definition) is 10. The van der Waals surface area contributed by atoms with E-state index < -0.39 is 0 Å². The van der Waals surface area contributed by atoms with Crippen molar-refractivity contribution < 1.29 is 0 Å². The summed E-state index contributed by atoms with van der Waals surface area (Å²) in [7, 11) is 16.1. The molecule has 10 nitrogen and oxygen atoms in total. The second kappa shape index (κ2) is 16.3. The van der Waals surface area contributed by atoms with E-state index in [1.807, 2.05) is 149 Å². The van der Waals surface area contributed by atoms with E-state index in [9.17, 15) is 0 Å². The van der Waals surface area contributed by atoms with Crippen LogP contribution in [0, 0.1) is 0 Å². The summed E-state index contributed by atoms with van der Waals surface area (Å²) in [6.45, 7) is 0. The van der Waals surface area contributed by atoms with Crippen molar-refractivity contribution in [3.8, 4) is 0 Å². The largest absolute Gasteiger partial charge is 0.376 e. The van der Waals surface area contributed by atoms with E-state index in [-0.39, 0.29) is 0 Å². The van der Waals surface area contributed by atoms with Crippen molar-refractivity contribution in [2.24, 2.45) is 0 Å². The van der Waals surface area contributed by atoms with Gasteiger partial charge >= 0.3 is 0 Å². The maximum Gasteiger partial charge on any atom is 0.0894 e. The average molecular weight is 665 g/mol. The van der Waals surface area contributed by atoms with Gasteiger partial charge in [0.25, 0.3) is 0 Å². The maximum absolute atomic E-state index is 5.25. The molecule has 5 aromatic rings. The van der Waals surface area contributed by atoms with Crippen LogP contribution in [0.5, 0.6) is 0 Å². The molecule has 0 aliphatic carbocycles. The van der Waals surface area contributed by atoms with Gasteiger partial charge in [0, 0.05) is 103 Å². The van der Waals surface area contributed by atoms with Gasteiger partial charge in [0.1, 0.15) is 0 Å². The van der Waals surface area contributed by atoms with E-state index in [0.29, 0.717) is 0 Å². The summed E-state index contributed by atoms with van der Waals surface area (Å²) in [6.07, 6.45) is 30.9. The lowest BCUT2D eigenvalue weighted by Gasteiger charge is -2.15. The number of rotatable bonds is 12. The lowest BCUT2D eigenvalue weighted by molar-refractivity contribution is 1.10. The maximum atomic E-state index is 5.25. The Bertz CT molecular complexity index is 1750. The minimum atomic E-state index is 0.723. The van der Waals surface area contributed by atoms with Crippen molar-refractivity contribution in [3.05, 3.63) is 119 Å². The molecule has 0 fully saturated rings. The highest BCUT2D eigenvalue weighted by molar-refractivity contribution is 5.85. The average Bonchev–Trinajstić information content (AvgIpc) is 3.12. The van der Waals surface area contributed by atoms with Crippen molar-refractivity contribution in [2.45, 2.75) is 0 Å². The molecular weight excluding hydrogens is 621 g/mol. The summed E-state index contributed by atoms with van der Waals surface area (Å²) in [6, 6.07) is 7.99. The van der Waals surface area contributed by atoms with Crippen LogP contribution in [0.15, 0.2) is 73.8 Å². The van der Waals surface area contributed by atoms with Crippen LogP contribution in [0.3, 0.4) is 0 Å². The van der Waals surface area contributed by atoms with Crippen LogP contribution in [0.25, 0.3) is 48.6 Å². The zero-order valence-corrected chi connectivity index (χ0v) is 30.0. The van der Waals surface area contributed by atoms with Gasteiger partial charge in [0.2, 0.25) is 0 Å². The number of anilines is 4. The molecule has 0 aliphatic heterocycles. The van der Waals surface area contributed by atoms with Gasteiger partial charge in [-0.1, -0.05) is 24.3 Å². The highest BCUT2D eigenvalue weighted by atomic mass is 15.1. The van der Waals surface area contributed by atoms with Crippen LogP contribution in [0.1, 0.15) is 45.0 Å². The SMILES string of the molecule is CN(C)c1cnccc1C=Cc1nc(C=Cc2ccncc2N(C)C)c(C=Cc2ccncc2N(C)C)nc1C=Cc1ccncc1N(C)C. The molecule has 50 heavy (non-hydrogen) atoms. The molecule has 0 unspecified atom stereocenters. The van der Waals surface area contributed by atoms with E-state index in [1.165, 1.54) is 0 Å². The molecule has 5 aromatic heterocycles. The van der Waals surface area contributed by atoms with Gasteiger partial charge in [-0.2, -0.15) is 0 Å². The smallest absolute Gasteiger partial charge is 0.0894 e. The van der Waals surface area contributed by atoms with Gasteiger partial charge in [-0.15, -0.1) is 0 Å². The van der Waals surface area contributed by atoms with Crippen molar-refractivity contribution in [2.75, 3.05) is 76.0 Å². The Labute approximate surface area is 295 Å². The first-order valence-electron chi connectivity index (χ1n) is 16.2. The molecule has 0 N–H and O–H groups in total. The molecule has 0 spiro atoms. The third-order valence-electron chi connectivity index (χ3n) is 7.95. The molecule has 10 heteroatoms. The third-order valence-corrected chi connectivity index (χ3v) is 7.95. The Morgan fingerprint density at radius 1 is 0.340 bits per heavy atom. The highest BCUT2D eigenvalue weighted by Crippen LogP contribution is 2.26. The van der Waals surface area contributed by atoms with Crippen molar-refractivity contribution >= 4 is 71.4 Å². The Morgan fingerprint density at radius 3 is 0.760 bits per heavy atom. The van der Waals surface area contributed by atoms with Crippen LogP contribution in [0.4, 0.5) is 22.7 Å². The molecule has 0 radical (unpaired) electrons. The van der Waals surface area contributed by atoms with Crippen LogP contribution >= 0.6 is 0 Å². The Hall–Kier alpha value is -6.16. The highest BCUT2D eigenvalue weighted by Gasteiger charge is 2.11. The quantitative estimate of drug-likeness (QED) is 0.139. The molecule has 0 amide bonds. The first-order chi connectivity index (χ1) is 24.1. The fourth-order valence-corrected chi connectivity index (χ4v) is 5.30. The van der Waals surface area contributed by atoms with Gasteiger partial charge < -0.3 is 19.6 Å². The first kappa shape index (κ1) is 35.2. The summed E-state index contributed by atoms with van der Waals surface area (Å²) < 4.78 is 0. The predicted octanol–water partition coefficient (Wildman–Crippen LogP) is 7.00. The van der Waals surface area contributed by atoms with Crippen molar-refractivity contribution in [1.82, 2.24) is 29.9 Å². The van der Waals surface area contributed by atoms with Gasteiger partial charge in [-0.3, -0.25) is 19.9 Å². The normalized spacial score (nSPS) is 11.7. The zero-order chi connectivity index (χ0) is 35.6. The van der Waals surface area contributed by atoms with E-state index >= 15 is 0 Å². The first-order valence-corrected chi connectivity index (χ1v) is 16.2. The van der Waals surface area contributed by atoms with Gasteiger partial charge in [-0.25, -0.2) is 9.97 Å². The minimum Gasteiger partial charge on any atom is -0.376 e. The molecule has 0 aromatic carbocycles. The minimum absolute atomic E-state index is 0.723.